The quantitative estimate of drug-likeness (QED) is 0.737. The third-order valence-corrected chi connectivity index (χ3v) is 6.53. The standard InChI is InChI=1S/C24H33N5O/c1-27(19-22-6-2-3-11-26-22)24(30)21-5-4-14-29(18-21)23-9-15-28(16-10-23)17-20-7-12-25-13-8-20/h2-3,6-8,11-13,21,23H,4-5,9-10,14-19H2,1H3/t21-/m1/s1. The maximum atomic E-state index is 13.0. The van der Waals surface area contributed by atoms with Crippen LogP contribution in [0.4, 0.5) is 0 Å². The van der Waals surface area contributed by atoms with Gasteiger partial charge in [-0.25, -0.2) is 0 Å². The van der Waals surface area contributed by atoms with Gasteiger partial charge in [0.2, 0.25) is 5.91 Å². The summed E-state index contributed by atoms with van der Waals surface area (Å²) in [4.78, 5) is 28.5. The Balaban J connectivity index is 1.26. The molecule has 2 fully saturated rings. The van der Waals surface area contributed by atoms with Gasteiger partial charge in [-0.1, -0.05) is 6.07 Å². The second kappa shape index (κ2) is 10.1. The van der Waals surface area contributed by atoms with Gasteiger partial charge in [0.15, 0.2) is 0 Å². The smallest absolute Gasteiger partial charge is 0.227 e. The number of nitrogens with zero attached hydrogens (tertiary/aromatic N) is 5. The van der Waals surface area contributed by atoms with Crippen molar-refractivity contribution in [3.63, 3.8) is 0 Å². The SMILES string of the molecule is CN(Cc1ccccn1)C(=O)[C@@H]1CCCN(C2CCN(Cc3ccncc3)CC2)C1. The van der Waals surface area contributed by atoms with E-state index in [1.54, 1.807) is 6.20 Å². The maximum absolute atomic E-state index is 13.0. The molecule has 0 spiro atoms. The fourth-order valence-corrected chi connectivity index (χ4v) is 4.85. The van der Waals surface area contributed by atoms with Crippen LogP contribution in [0, 0.1) is 5.92 Å². The van der Waals surface area contributed by atoms with E-state index in [-0.39, 0.29) is 11.8 Å². The molecule has 4 heterocycles. The number of amides is 1. The third kappa shape index (κ3) is 5.43. The van der Waals surface area contributed by atoms with Crippen molar-refractivity contribution in [2.75, 3.05) is 33.2 Å². The molecule has 1 atom stereocenters. The topological polar surface area (TPSA) is 52.6 Å². The van der Waals surface area contributed by atoms with Gasteiger partial charge < -0.3 is 4.90 Å². The normalized spacial score (nSPS) is 21.4. The average Bonchev–Trinajstić information content (AvgIpc) is 2.80. The van der Waals surface area contributed by atoms with Gasteiger partial charge in [-0.3, -0.25) is 24.6 Å². The van der Waals surface area contributed by atoms with Crippen molar-refractivity contribution in [3.8, 4) is 0 Å². The average molecular weight is 408 g/mol. The van der Waals surface area contributed by atoms with E-state index in [4.69, 9.17) is 0 Å². The first-order valence-corrected chi connectivity index (χ1v) is 11.2. The van der Waals surface area contributed by atoms with E-state index in [2.05, 4.69) is 31.9 Å². The third-order valence-electron chi connectivity index (χ3n) is 6.53. The summed E-state index contributed by atoms with van der Waals surface area (Å²) in [6.45, 7) is 5.88. The van der Waals surface area contributed by atoms with E-state index in [9.17, 15) is 4.79 Å². The van der Waals surface area contributed by atoms with Crippen molar-refractivity contribution in [2.45, 2.75) is 44.8 Å². The van der Waals surface area contributed by atoms with E-state index in [1.165, 1.54) is 18.4 Å². The first kappa shape index (κ1) is 20.9. The lowest BCUT2D eigenvalue weighted by molar-refractivity contribution is -0.137. The fraction of sp³-hybridized carbons (Fsp3) is 0.542. The zero-order valence-electron chi connectivity index (χ0n) is 18.0. The summed E-state index contributed by atoms with van der Waals surface area (Å²) in [6, 6.07) is 10.7. The molecule has 2 aromatic heterocycles. The molecule has 0 N–H and O–H groups in total. The van der Waals surface area contributed by atoms with Crippen molar-refractivity contribution in [1.29, 1.82) is 0 Å². The highest BCUT2D eigenvalue weighted by atomic mass is 16.2. The molecular weight excluding hydrogens is 374 g/mol. The van der Waals surface area contributed by atoms with Gasteiger partial charge in [0.25, 0.3) is 0 Å². The van der Waals surface area contributed by atoms with Gasteiger partial charge in [0.05, 0.1) is 18.2 Å². The van der Waals surface area contributed by atoms with Crippen molar-refractivity contribution in [1.82, 2.24) is 24.7 Å². The zero-order valence-corrected chi connectivity index (χ0v) is 18.0. The van der Waals surface area contributed by atoms with Gasteiger partial charge in [-0.05, 0) is 75.1 Å². The van der Waals surface area contributed by atoms with Gasteiger partial charge in [-0.15, -0.1) is 0 Å². The number of carbonyl (C=O) groups is 1. The molecule has 1 amide bonds. The summed E-state index contributed by atoms with van der Waals surface area (Å²) >= 11 is 0. The zero-order chi connectivity index (χ0) is 20.8. The lowest BCUT2D eigenvalue weighted by Crippen LogP contribution is -2.50. The van der Waals surface area contributed by atoms with E-state index in [0.29, 0.717) is 12.6 Å². The monoisotopic (exact) mass is 407 g/mol. The lowest BCUT2D eigenvalue weighted by Gasteiger charge is -2.42. The van der Waals surface area contributed by atoms with Crippen LogP contribution in [0.15, 0.2) is 48.9 Å². The van der Waals surface area contributed by atoms with Crippen molar-refractivity contribution in [3.05, 3.63) is 60.2 Å². The lowest BCUT2D eigenvalue weighted by atomic mass is 9.92. The molecule has 0 saturated carbocycles. The predicted octanol–water partition coefficient (Wildman–Crippen LogP) is 2.81. The van der Waals surface area contributed by atoms with Crippen LogP contribution in [-0.2, 0) is 17.9 Å². The highest BCUT2D eigenvalue weighted by Gasteiger charge is 2.32. The van der Waals surface area contributed by atoms with Gasteiger partial charge in [-0.2, -0.15) is 0 Å². The molecular formula is C24H33N5O. The molecule has 0 unspecified atom stereocenters. The number of rotatable bonds is 6. The van der Waals surface area contributed by atoms with E-state index in [0.717, 1.165) is 51.3 Å². The molecule has 30 heavy (non-hydrogen) atoms. The summed E-state index contributed by atoms with van der Waals surface area (Å²) in [7, 11) is 1.91. The van der Waals surface area contributed by atoms with Crippen LogP contribution in [0.3, 0.4) is 0 Å². The highest BCUT2D eigenvalue weighted by molar-refractivity contribution is 5.78. The fourth-order valence-electron chi connectivity index (χ4n) is 4.85. The number of pyridine rings is 2. The van der Waals surface area contributed by atoms with Gasteiger partial charge in [0, 0.05) is 44.8 Å². The van der Waals surface area contributed by atoms with Gasteiger partial charge >= 0.3 is 0 Å². The predicted molar refractivity (Wildman–Crippen MR) is 118 cm³/mol. The van der Waals surface area contributed by atoms with Crippen molar-refractivity contribution < 1.29 is 4.79 Å². The summed E-state index contributed by atoms with van der Waals surface area (Å²) in [5.41, 5.74) is 2.28. The number of likely N-dealkylation sites (tertiary alicyclic amines) is 2. The number of hydrogen-bond donors (Lipinski definition) is 0. The van der Waals surface area contributed by atoms with E-state index >= 15 is 0 Å². The molecule has 0 radical (unpaired) electrons. The van der Waals surface area contributed by atoms with Crippen molar-refractivity contribution in [2.24, 2.45) is 5.92 Å². The first-order chi connectivity index (χ1) is 14.7. The summed E-state index contributed by atoms with van der Waals surface area (Å²) in [5.74, 6) is 0.378. The molecule has 2 aliphatic rings. The van der Waals surface area contributed by atoms with Crippen LogP contribution in [-0.4, -0.2) is 69.8 Å². The Hall–Kier alpha value is -2.31. The van der Waals surface area contributed by atoms with Crippen LogP contribution >= 0.6 is 0 Å². The highest BCUT2D eigenvalue weighted by Crippen LogP contribution is 2.25. The Bertz CT molecular complexity index is 792. The molecule has 4 rings (SSSR count). The summed E-state index contributed by atoms with van der Waals surface area (Å²) in [6.07, 6.45) is 10.0. The molecule has 2 aromatic rings. The largest absolute Gasteiger partial charge is 0.340 e. The van der Waals surface area contributed by atoms with Crippen LogP contribution < -0.4 is 0 Å². The van der Waals surface area contributed by atoms with Crippen LogP contribution in [0.2, 0.25) is 0 Å². The number of hydrogen-bond acceptors (Lipinski definition) is 5. The Kier molecular flexibility index (Phi) is 7.07. The van der Waals surface area contributed by atoms with E-state index < -0.39 is 0 Å². The molecule has 0 aromatic carbocycles. The minimum Gasteiger partial charge on any atom is -0.340 e. The van der Waals surface area contributed by atoms with Gasteiger partial charge in [0.1, 0.15) is 0 Å². The minimum absolute atomic E-state index is 0.113. The van der Waals surface area contributed by atoms with Crippen LogP contribution in [0.1, 0.15) is 36.9 Å². The summed E-state index contributed by atoms with van der Waals surface area (Å²) < 4.78 is 0. The minimum atomic E-state index is 0.113. The van der Waals surface area contributed by atoms with E-state index in [1.807, 2.05) is 42.5 Å². The number of piperidine rings is 2. The second-order valence-corrected chi connectivity index (χ2v) is 8.71. The second-order valence-electron chi connectivity index (χ2n) is 8.71. The maximum Gasteiger partial charge on any atom is 0.227 e. The van der Waals surface area contributed by atoms with Crippen molar-refractivity contribution >= 4 is 5.91 Å². The molecule has 160 valence electrons. The Labute approximate surface area is 179 Å². The molecule has 6 heteroatoms. The molecule has 2 saturated heterocycles. The number of carbonyl (C=O) groups excluding carboxylic acids is 1. The van der Waals surface area contributed by atoms with Crippen LogP contribution in [0.5, 0.6) is 0 Å². The Morgan fingerprint density at radius 3 is 2.60 bits per heavy atom. The molecule has 0 bridgehead atoms. The molecule has 6 nitrogen and oxygen atoms in total. The molecule has 2 aliphatic heterocycles. The first-order valence-electron chi connectivity index (χ1n) is 11.2. The summed E-state index contributed by atoms with van der Waals surface area (Å²) in [5, 5.41) is 0. The number of aromatic nitrogens is 2. The Morgan fingerprint density at radius 2 is 1.87 bits per heavy atom. The molecule has 0 aliphatic carbocycles. The van der Waals surface area contributed by atoms with Crippen LogP contribution in [0.25, 0.3) is 0 Å². The Morgan fingerprint density at radius 1 is 1.07 bits per heavy atom.